The molecule has 0 unspecified atom stereocenters. The van der Waals surface area contributed by atoms with E-state index in [1.807, 2.05) is 0 Å². The first-order chi connectivity index (χ1) is 7.98. The highest BCUT2D eigenvalue weighted by Crippen LogP contribution is 2.41. The van der Waals surface area contributed by atoms with E-state index in [1.54, 1.807) is 12.1 Å². The quantitative estimate of drug-likeness (QED) is 0.650. The van der Waals surface area contributed by atoms with E-state index in [0.717, 1.165) is 25.7 Å². The lowest BCUT2D eigenvalue weighted by Crippen LogP contribution is -2.16. The molecule has 0 atom stereocenters. The maximum atomic E-state index is 12.9. The van der Waals surface area contributed by atoms with Crippen LogP contribution in [0, 0.1) is 5.92 Å². The van der Waals surface area contributed by atoms with Crippen LogP contribution in [0.25, 0.3) is 0 Å². The van der Waals surface area contributed by atoms with Crippen LogP contribution in [-0.4, -0.2) is 0 Å². The van der Waals surface area contributed by atoms with E-state index in [4.69, 9.17) is 0 Å². The minimum absolute atomic E-state index is 0.0871. The number of alkyl halides is 3. The Morgan fingerprint density at radius 2 is 1.59 bits per heavy atom. The maximum Gasteiger partial charge on any atom is 0.416 e. The normalized spacial score (nSPS) is 25.9. The van der Waals surface area contributed by atoms with Gasteiger partial charge in [0.1, 0.15) is 0 Å². The van der Waals surface area contributed by atoms with E-state index in [9.17, 15) is 13.2 Å². The summed E-state index contributed by atoms with van der Waals surface area (Å²) in [7, 11) is 0. The average molecular weight is 242 g/mol. The Bertz CT molecular complexity index is 373. The highest BCUT2D eigenvalue weighted by atomic mass is 19.4. The maximum absolute atomic E-state index is 12.9. The van der Waals surface area contributed by atoms with E-state index in [-0.39, 0.29) is 5.92 Å². The summed E-state index contributed by atoms with van der Waals surface area (Å²) in [6.45, 7) is 2.17. The Labute approximate surface area is 99.8 Å². The van der Waals surface area contributed by atoms with Crippen LogP contribution in [0.5, 0.6) is 0 Å². The fourth-order valence-electron chi connectivity index (χ4n) is 2.68. The van der Waals surface area contributed by atoms with Crippen molar-refractivity contribution in [3.8, 4) is 0 Å². The van der Waals surface area contributed by atoms with Crippen molar-refractivity contribution in [3.63, 3.8) is 0 Å². The first-order valence-corrected chi connectivity index (χ1v) is 6.14. The minimum Gasteiger partial charge on any atom is -0.166 e. The zero-order valence-corrected chi connectivity index (χ0v) is 9.93. The zero-order valence-electron chi connectivity index (χ0n) is 9.93. The summed E-state index contributed by atoms with van der Waals surface area (Å²) in [4.78, 5) is 0. The van der Waals surface area contributed by atoms with Crippen LogP contribution < -0.4 is 0 Å². The first kappa shape index (κ1) is 12.5. The van der Waals surface area contributed by atoms with Crippen molar-refractivity contribution in [2.75, 3.05) is 0 Å². The van der Waals surface area contributed by atoms with E-state index >= 15 is 0 Å². The summed E-state index contributed by atoms with van der Waals surface area (Å²) in [5.41, 5.74) is 0.0476. The topological polar surface area (TPSA) is 0 Å². The lowest BCUT2D eigenvalue weighted by molar-refractivity contribution is -0.138. The summed E-state index contributed by atoms with van der Waals surface area (Å²) in [6, 6.07) is 6.03. The van der Waals surface area contributed by atoms with Gasteiger partial charge >= 0.3 is 6.18 Å². The molecule has 0 heterocycles. The van der Waals surface area contributed by atoms with E-state index in [2.05, 4.69) is 6.92 Å². The fraction of sp³-hybridized carbons (Fsp3) is 0.571. The summed E-state index contributed by atoms with van der Waals surface area (Å²) >= 11 is 0. The lowest BCUT2D eigenvalue weighted by Gasteiger charge is -2.28. The highest BCUT2D eigenvalue weighted by molar-refractivity contribution is 5.33. The Morgan fingerprint density at radius 3 is 2.18 bits per heavy atom. The monoisotopic (exact) mass is 242 g/mol. The fourth-order valence-corrected chi connectivity index (χ4v) is 2.68. The molecule has 94 valence electrons. The van der Waals surface area contributed by atoms with Crippen LogP contribution in [0.3, 0.4) is 0 Å². The number of benzene rings is 1. The molecule has 1 aromatic carbocycles. The van der Waals surface area contributed by atoms with Crippen molar-refractivity contribution in [3.05, 3.63) is 35.4 Å². The molecule has 1 aliphatic rings. The molecule has 17 heavy (non-hydrogen) atoms. The third-order valence-corrected chi connectivity index (χ3v) is 3.72. The molecule has 0 aliphatic heterocycles. The number of halogens is 3. The minimum atomic E-state index is -4.22. The van der Waals surface area contributed by atoms with Gasteiger partial charge in [0, 0.05) is 0 Å². The second kappa shape index (κ2) is 4.71. The second-order valence-corrected chi connectivity index (χ2v) is 5.04. The summed E-state index contributed by atoms with van der Waals surface area (Å²) < 4.78 is 38.6. The van der Waals surface area contributed by atoms with Crippen molar-refractivity contribution in [1.82, 2.24) is 0 Å². The van der Waals surface area contributed by atoms with Crippen LogP contribution in [0.2, 0.25) is 0 Å². The van der Waals surface area contributed by atoms with Gasteiger partial charge in [-0.25, -0.2) is 0 Å². The average Bonchev–Trinajstić information content (AvgIpc) is 2.29. The standard InChI is InChI=1S/C14H17F3/c1-10-6-8-11(9-7-10)12-4-2-3-5-13(12)14(15,16)17/h2-5,10-11H,6-9H2,1H3. The number of hydrogen-bond acceptors (Lipinski definition) is 0. The molecular formula is C14H17F3. The molecule has 1 aliphatic carbocycles. The molecule has 0 nitrogen and oxygen atoms in total. The largest absolute Gasteiger partial charge is 0.416 e. The van der Waals surface area contributed by atoms with Crippen LogP contribution in [0.1, 0.15) is 49.7 Å². The summed E-state index contributed by atoms with van der Waals surface area (Å²) in [5.74, 6) is 0.744. The SMILES string of the molecule is CC1CCC(c2ccccc2C(F)(F)F)CC1. The van der Waals surface area contributed by atoms with Gasteiger partial charge in [0.25, 0.3) is 0 Å². The Balaban J connectivity index is 2.26. The molecule has 1 aromatic rings. The molecule has 0 bridgehead atoms. The van der Waals surface area contributed by atoms with Gasteiger partial charge in [-0.2, -0.15) is 13.2 Å². The van der Waals surface area contributed by atoms with Gasteiger partial charge in [-0.1, -0.05) is 38.0 Å². The molecule has 2 rings (SSSR count). The molecule has 1 saturated carbocycles. The van der Waals surface area contributed by atoms with Crippen molar-refractivity contribution < 1.29 is 13.2 Å². The van der Waals surface area contributed by atoms with Gasteiger partial charge in [0.15, 0.2) is 0 Å². The molecule has 0 amide bonds. The smallest absolute Gasteiger partial charge is 0.166 e. The molecule has 0 radical (unpaired) electrons. The molecule has 1 fully saturated rings. The van der Waals surface area contributed by atoms with Crippen molar-refractivity contribution >= 4 is 0 Å². The zero-order chi connectivity index (χ0) is 12.5. The van der Waals surface area contributed by atoms with E-state index in [1.165, 1.54) is 12.1 Å². The van der Waals surface area contributed by atoms with Crippen LogP contribution in [-0.2, 0) is 6.18 Å². The van der Waals surface area contributed by atoms with Gasteiger partial charge in [-0.05, 0) is 36.3 Å². The predicted octanol–water partition coefficient (Wildman–Crippen LogP) is 5.00. The van der Waals surface area contributed by atoms with Crippen molar-refractivity contribution in [2.45, 2.75) is 44.7 Å². The predicted molar refractivity (Wildman–Crippen MR) is 61.8 cm³/mol. The Morgan fingerprint density at radius 1 is 1.00 bits per heavy atom. The van der Waals surface area contributed by atoms with Gasteiger partial charge in [0.2, 0.25) is 0 Å². The van der Waals surface area contributed by atoms with Crippen molar-refractivity contribution in [1.29, 1.82) is 0 Å². The van der Waals surface area contributed by atoms with E-state index < -0.39 is 11.7 Å². The molecule has 0 N–H and O–H groups in total. The molecule has 3 heteroatoms. The molecule has 0 spiro atoms. The van der Waals surface area contributed by atoms with Crippen molar-refractivity contribution in [2.24, 2.45) is 5.92 Å². The van der Waals surface area contributed by atoms with Crippen LogP contribution in [0.15, 0.2) is 24.3 Å². The van der Waals surface area contributed by atoms with Crippen LogP contribution in [0.4, 0.5) is 13.2 Å². The third-order valence-electron chi connectivity index (χ3n) is 3.72. The highest BCUT2D eigenvalue weighted by Gasteiger charge is 2.35. The molecule has 0 saturated heterocycles. The van der Waals surface area contributed by atoms with Crippen LogP contribution >= 0.6 is 0 Å². The van der Waals surface area contributed by atoms with Gasteiger partial charge in [0.05, 0.1) is 5.56 Å². The lowest BCUT2D eigenvalue weighted by atomic mass is 9.78. The van der Waals surface area contributed by atoms with E-state index in [0.29, 0.717) is 11.5 Å². The number of rotatable bonds is 1. The summed E-state index contributed by atoms with van der Waals surface area (Å²) in [5, 5.41) is 0. The second-order valence-electron chi connectivity index (χ2n) is 5.04. The Hall–Kier alpha value is -0.990. The number of hydrogen-bond donors (Lipinski definition) is 0. The Kier molecular flexibility index (Phi) is 3.45. The van der Waals surface area contributed by atoms with Gasteiger partial charge in [-0.15, -0.1) is 0 Å². The third kappa shape index (κ3) is 2.82. The van der Waals surface area contributed by atoms with Gasteiger partial charge in [-0.3, -0.25) is 0 Å². The molecule has 0 aromatic heterocycles. The van der Waals surface area contributed by atoms with Gasteiger partial charge < -0.3 is 0 Å². The first-order valence-electron chi connectivity index (χ1n) is 6.14. The summed E-state index contributed by atoms with van der Waals surface area (Å²) in [6.07, 6.45) is -0.379. The molecular weight excluding hydrogens is 225 g/mol.